The number of rotatable bonds is 8. The van der Waals surface area contributed by atoms with Crippen molar-refractivity contribution in [2.24, 2.45) is 5.92 Å². The van der Waals surface area contributed by atoms with E-state index in [2.05, 4.69) is 20.3 Å². The summed E-state index contributed by atoms with van der Waals surface area (Å²) in [6, 6.07) is 16.4. The van der Waals surface area contributed by atoms with Gasteiger partial charge in [-0.2, -0.15) is 4.98 Å². The normalized spacial score (nSPS) is 20.2. The molecule has 1 aliphatic heterocycles. The molecule has 4 aromatic rings. The van der Waals surface area contributed by atoms with Gasteiger partial charge in [0, 0.05) is 5.92 Å². The van der Waals surface area contributed by atoms with E-state index in [0.717, 1.165) is 11.8 Å². The number of benzene rings is 2. The molecule has 13 heteroatoms. The van der Waals surface area contributed by atoms with Crippen LogP contribution in [-0.2, 0) is 14.3 Å². The molecule has 1 amide bonds. The fourth-order valence-corrected chi connectivity index (χ4v) is 5.65. The van der Waals surface area contributed by atoms with Gasteiger partial charge in [-0.25, -0.2) is 19.0 Å². The molecule has 1 saturated heterocycles. The van der Waals surface area contributed by atoms with Crippen LogP contribution in [0.3, 0.4) is 0 Å². The second-order valence-electron chi connectivity index (χ2n) is 9.59. The van der Waals surface area contributed by atoms with Crippen LogP contribution < -0.4 is 10.9 Å². The molecule has 0 aliphatic carbocycles. The molecule has 2 N–H and O–H groups in total. The third-order valence-corrected chi connectivity index (χ3v) is 7.90. The largest absolute Gasteiger partial charge is 0.461 e. The van der Waals surface area contributed by atoms with Crippen LogP contribution in [-0.4, -0.2) is 61.5 Å². The number of fused-ring (bicyclic) bond motifs is 1. The monoisotopic (exact) mass is 579 g/mol. The molecular weight excluding hydrogens is 553 g/mol. The molecule has 41 heavy (non-hydrogen) atoms. The number of alkyl halides is 1. The first-order valence-electron chi connectivity index (χ1n) is 12.8. The lowest BCUT2D eigenvalue weighted by atomic mass is 10.1. The average molecular weight is 580 g/mol. The summed E-state index contributed by atoms with van der Waals surface area (Å²) < 4.78 is 28.5. The first-order chi connectivity index (χ1) is 19.7. The number of carbonyl (C=O) groups is 3. The highest BCUT2D eigenvalue weighted by atomic mass is 32.2. The molecule has 0 unspecified atom stereocenters. The van der Waals surface area contributed by atoms with Gasteiger partial charge in [-0.05, 0) is 24.3 Å². The number of H-pyrrole nitrogens is 1. The summed E-state index contributed by atoms with van der Waals surface area (Å²) >= 11 is 1.06. The van der Waals surface area contributed by atoms with E-state index < -0.39 is 40.4 Å². The van der Waals surface area contributed by atoms with Crippen molar-refractivity contribution in [3.05, 3.63) is 88.5 Å². The van der Waals surface area contributed by atoms with Crippen LogP contribution in [0.25, 0.3) is 11.2 Å². The molecule has 0 bridgehead atoms. The second-order valence-corrected chi connectivity index (χ2v) is 11.0. The summed E-state index contributed by atoms with van der Waals surface area (Å²) in [5, 5.41) is 0.701. The van der Waals surface area contributed by atoms with Crippen molar-refractivity contribution in [1.82, 2.24) is 19.5 Å². The fraction of sp³-hybridized carbons (Fsp3) is 0.286. The van der Waals surface area contributed by atoms with Crippen molar-refractivity contribution in [2.75, 3.05) is 11.9 Å². The van der Waals surface area contributed by atoms with Gasteiger partial charge in [0.25, 0.3) is 5.56 Å². The average Bonchev–Trinajstić information content (AvgIpc) is 3.53. The number of nitrogens with one attached hydrogen (secondary N) is 2. The van der Waals surface area contributed by atoms with Crippen LogP contribution in [0.1, 0.15) is 39.9 Å². The number of aromatic amines is 1. The number of esters is 2. The van der Waals surface area contributed by atoms with Crippen molar-refractivity contribution in [2.45, 2.75) is 36.7 Å². The minimum atomic E-state index is -1.75. The Bertz CT molecular complexity index is 1630. The van der Waals surface area contributed by atoms with E-state index in [9.17, 15) is 19.2 Å². The number of aromatic nitrogens is 4. The Balaban J connectivity index is 1.46. The van der Waals surface area contributed by atoms with E-state index in [4.69, 9.17) is 9.47 Å². The number of hydrogen-bond acceptors (Lipinski definition) is 9. The van der Waals surface area contributed by atoms with Gasteiger partial charge in [0.05, 0.1) is 22.7 Å². The Hall–Kier alpha value is -4.52. The maximum Gasteiger partial charge on any atom is 0.338 e. The second kappa shape index (κ2) is 11.9. The zero-order valence-electron chi connectivity index (χ0n) is 22.0. The van der Waals surface area contributed by atoms with Crippen molar-refractivity contribution >= 4 is 46.7 Å². The predicted octanol–water partition coefficient (Wildman–Crippen LogP) is 3.75. The number of anilines is 1. The Labute approximate surface area is 237 Å². The van der Waals surface area contributed by atoms with E-state index in [1.807, 2.05) is 0 Å². The van der Waals surface area contributed by atoms with Gasteiger partial charge in [0.15, 0.2) is 23.4 Å². The van der Waals surface area contributed by atoms with Gasteiger partial charge in [-0.15, -0.1) is 11.8 Å². The summed E-state index contributed by atoms with van der Waals surface area (Å²) in [5.74, 6) is -2.21. The summed E-state index contributed by atoms with van der Waals surface area (Å²) in [7, 11) is 0. The van der Waals surface area contributed by atoms with Crippen LogP contribution in [0.4, 0.5) is 10.3 Å². The maximum absolute atomic E-state index is 16.0. The quantitative estimate of drug-likeness (QED) is 0.298. The van der Waals surface area contributed by atoms with Gasteiger partial charge < -0.3 is 9.47 Å². The third-order valence-electron chi connectivity index (χ3n) is 6.38. The first kappa shape index (κ1) is 28.0. The number of hydrogen-bond donors (Lipinski definition) is 2. The number of imidazole rings is 1. The van der Waals surface area contributed by atoms with E-state index >= 15 is 4.39 Å². The molecule has 0 spiro atoms. The number of thioether (sulfide) groups is 1. The Morgan fingerprint density at radius 3 is 2.32 bits per heavy atom. The zero-order chi connectivity index (χ0) is 29.1. The lowest BCUT2D eigenvalue weighted by Crippen LogP contribution is -2.35. The summed E-state index contributed by atoms with van der Waals surface area (Å²) in [5.41, 5.74) is -0.0599. The standard InChI is InChI=1S/C28H26FN5O6S/c1-15(2)23(35)32-28-31-22-20(24(36)33-28)30-14-34(22)25-21(40-27(38)17-11-7-4-8-12-17)19(29)18(41-25)13-39-26(37)16-9-5-3-6-10-16/h3-12,14-15,18-19,21,25H,13H2,1-2H3,(H2,31,32,33,35,36)/t18-,19-,21-,25-/m1/s1. The van der Waals surface area contributed by atoms with Crippen LogP contribution in [0, 0.1) is 5.92 Å². The summed E-state index contributed by atoms with van der Waals surface area (Å²) in [6.07, 6.45) is -1.80. The van der Waals surface area contributed by atoms with Crippen LogP contribution in [0.2, 0.25) is 0 Å². The lowest BCUT2D eigenvalue weighted by molar-refractivity contribution is -0.118. The minimum Gasteiger partial charge on any atom is -0.461 e. The first-order valence-corrected chi connectivity index (χ1v) is 13.7. The van der Waals surface area contributed by atoms with Gasteiger partial charge in [-0.1, -0.05) is 50.2 Å². The van der Waals surface area contributed by atoms with Gasteiger partial charge in [0.2, 0.25) is 11.9 Å². The zero-order valence-corrected chi connectivity index (χ0v) is 22.8. The third kappa shape index (κ3) is 5.99. The molecule has 0 radical (unpaired) electrons. The number of nitrogens with zero attached hydrogens (tertiary/aromatic N) is 3. The smallest absolute Gasteiger partial charge is 0.338 e. The number of amides is 1. The van der Waals surface area contributed by atoms with E-state index in [-0.39, 0.29) is 41.1 Å². The molecule has 4 atom stereocenters. The molecule has 2 aromatic heterocycles. The predicted molar refractivity (Wildman–Crippen MR) is 149 cm³/mol. The molecule has 1 fully saturated rings. The SMILES string of the molecule is CC(C)C(=O)Nc1nc2c(ncn2[C@@H]2S[C@H](COC(=O)c3ccccc3)[C@@H](F)[C@H]2OC(=O)c2ccccc2)c(=O)[nH]1. The molecule has 3 heterocycles. The molecular formula is C28H26FN5O6S. The number of ether oxygens (including phenoxy) is 2. The van der Waals surface area contributed by atoms with Gasteiger partial charge >= 0.3 is 11.9 Å². The maximum atomic E-state index is 16.0. The number of carbonyl (C=O) groups excluding carboxylic acids is 3. The fourth-order valence-electron chi connectivity index (χ4n) is 4.19. The molecule has 5 rings (SSSR count). The molecule has 1 aliphatic rings. The highest BCUT2D eigenvalue weighted by molar-refractivity contribution is 8.00. The van der Waals surface area contributed by atoms with Crippen molar-refractivity contribution in [1.29, 1.82) is 0 Å². The van der Waals surface area contributed by atoms with Crippen LogP contribution in [0.15, 0.2) is 71.8 Å². The molecule has 212 valence electrons. The van der Waals surface area contributed by atoms with Crippen LogP contribution in [0.5, 0.6) is 0 Å². The highest BCUT2D eigenvalue weighted by Gasteiger charge is 2.49. The highest BCUT2D eigenvalue weighted by Crippen LogP contribution is 2.46. The van der Waals surface area contributed by atoms with Crippen molar-refractivity contribution < 1.29 is 28.2 Å². The van der Waals surface area contributed by atoms with E-state index in [0.29, 0.717) is 5.56 Å². The minimum absolute atomic E-state index is 0.0457. The van der Waals surface area contributed by atoms with Crippen LogP contribution >= 0.6 is 11.8 Å². The molecule has 11 nitrogen and oxygen atoms in total. The molecule has 2 aromatic carbocycles. The Morgan fingerprint density at radius 1 is 1.05 bits per heavy atom. The Morgan fingerprint density at radius 2 is 1.68 bits per heavy atom. The van der Waals surface area contributed by atoms with Crippen molar-refractivity contribution in [3.63, 3.8) is 0 Å². The van der Waals surface area contributed by atoms with Gasteiger partial charge in [0.1, 0.15) is 12.0 Å². The summed E-state index contributed by atoms with van der Waals surface area (Å²) in [4.78, 5) is 61.4. The van der Waals surface area contributed by atoms with E-state index in [1.165, 1.54) is 10.9 Å². The summed E-state index contributed by atoms with van der Waals surface area (Å²) in [6.45, 7) is 3.07. The molecule has 0 saturated carbocycles. The lowest BCUT2D eigenvalue weighted by Gasteiger charge is -2.22. The topological polar surface area (TPSA) is 145 Å². The van der Waals surface area contributed by atoms with E-state index in [1.54, 1.807) is 74.5 Å². The number of halogens is 1. The Kier molecular flexibility index (Phi) is 8.15. The van der Waals surface area contributed by atoms with Gasteiger partial charge in [-0.3, -0.25) is 24.5 Å². The van der Waals surface area contributed by atoms with Crippen molar-refractivity contribution in [3.8, 4) is 0 Å².